The second-order valence-corrected chi connectivity index (χ2v) is 4.56. The third-order valence-electron chi connectivity index (χ3n) is 2.22. The number of anilines is 2. The molecule has 1 heterocycles. The summed E-state index contributed by atoms with van der Waals surface area (Å²) in [6.07, 6.45) is 1.43. The van der Waals surface area contributed by atoms with Gasteiger partial charge in [0, 0.05) is 4.90 Å². The largest absolute Gasteiger partial charge is 0.393 e. The highest BCUT2D eigenvalue weighted by Gasteiger charge is 2.08. The van der Waals surface area contributed by atoms with E-state index < -0.39 is 0 Å². The monoisotopic (exact) mass is 247 g/mol. The van der Waals surface area contributed by atoms with Crippen molar-refractivity contribution in [1.29, 1.82) is 0 Å². The molecule has 88 valence electrons. The first kappa shape index (κ1) is 11.7. The lowest BCUT2D eigenvalue weighted by Crippen LogP contribution is -2.11. The fraction of sp³-hybridized carbons (Fsp3) is 0.0909. The van der Waals surface area contributed by atoms with Gasteiger partial charge in [-0.05, 0) is 19.1 Å². The smallest absolute Gasteiger partial charge is 0.167 e. The molecule has 0 aliphatic heterocycles. The Morgan fingerprint density at radius 2 is 1.88 bits per heavy atom. The van der Waals surface area contributed by atoms with Crippen molar-refractivity contribution in [3.05, 3.63) is 36.2 Å². The Kier molecular flexibility index (Phi) is 3.46. The van der Waals surface area contributed by atoms with Gasteiger partial charge >= 0.3 is 0 Å². The molecule has 0 spiro atoms. The highest BCUT2D eigenvalue weighted by atomic mass is 32.2. The van der Waals surface area contributed by atoms with E-state index in [1.165, 1.54) is 23.7 Å². The normalized spacial score (nSPS) is 10.2. The fourth-order valence-corrected chi connectivity index (χ4v) is 2.10. The molecular weight excluding hydrogens is 234 g/mol. The molecule has 1 aromatic heterocycles. The van der Waals surface area contributed by atoms with Crippen molar-refractivity contribution in [3.8, 4) is 0 Å². The summed E-state index contributed by atoms with van der Waals surface area (Å²) in [6.45, 7) is 2.05. The number of nitrogen functional groups attached to an aromatic ring is 2. The van der Waals surface area contributed by atoms with Gasteiger partial charge in [-0.1, -0.05) is 29.5 Å². The number of nitrogens with two attached hydrogens (primary N) is 2. The van der Waals surface area contributed by atoms with Crippen LogP contribution < -0.4 is 17.0 Å². The quantitative estimate of drug-likeness (QED) is 0.435. The fourth-order valence-electron chi connectivity index (χ4n) is 1.29. The molecule has 0 saturated carbocycles. The zero-order valence-electron chi connectivity index (χ0n) is 9.34. The second-order valence-electron chi connectivity index (χ2n) is 3.50. The van der Waals surface area contributed by atoms with Crippen LogP contribution in [0.4, 0.5) is 11.5 Å². The predicted molar refractivity (Wildman–Crippen MR) is 69.6 cm³/mol. The first-order valence-corrected chi connectivity index (χ1v) is 5.84. The van der Waals surface area contributed by atoms with Crippen LogP contribution in [0, 0.1) is 6.92 Å². The lowest BCUT2D eigenvalue weighted by atomic mass is 10.2. The molecule has 5 N–H and O–H groups in total. The summed E-state index contributed by atoms with van der Waals surface area (Å²) in [5.41, 5.74) is 10.0. The molecule has 17 heavy (non-hydrogen) atoms. The van der Waals surface area contributed by atoms with E-state index in [1.54, 1.807) is 0 Å². The predicted octanol–water partition coefficient (Wildman–Crippen LogP) is 1.80. The average molecular weight is 247 g/mol. The van der Waals surface area contributed by atoms with Crippen molar-refractivity contribution >= 4 is 23.3 Å². The summed E-state index contributed by atoms with van der Waals surface area (Å²) in [4.78, 5) is 9.14. The molecule has 0 saturated heterocycles. The van der Waals surface area contributed by atoms with Crippen molar-refractivity contribution in [1.82, 2.24) is 9.97 Å². The summed E-state index contributed by atoms with van der Waals surface area (Å²) in [5.74, 6) is 5.74. The van der Waals surface area contributed by atoms with Crippen LogP contribution in [0.1, 0.15) is 5.56 Å². The molecule has 0 amide bonds. The van der Waals surface area contributed by atoms with Gasteiger partial charge in [0.1, 0.15) is 17.0 Å². The van der Waals surface area contributed by atoms with E-state index in [4.69, 9.17) is 11.6 Å². The molecule has 0 aliphatic carbocycles. The average Bonchev–Trinajstić information content (AvgIpc) is 2.35. The van der Waals surface area contributed by atoms with Gasteiger partial charge in [-0.2, -0.15) is 0 Å². The maximum atomic E-state index is 5.88. The summed E-state index contributed by atoms with van der Waals surface area (Å²) in [5, 5.41) is 0.691. The van der Waals surface area contributed by atoms with E-state index in [-0.39, 0.29) is 0 Å². The number of benzene rings is 1. The Hall–Kier alpha value is -1.79. The topological polar surface area (TPSA) is 89.8 Å². The zero-order chi connectivity index (χ0) is 12.3. The standard InChI is InChI=1S/C11H13N5S/c1-7-2-4-8(5-3-7)17-11-9(12)10(16-13)14-6-15-11/h2-6H,12-13H2,1H3,(H,14,15,16). The van der Waals surface area contributed by atoms with E-state index in [0.29, 0.717) is 16.5 Å². The number of hydrazine groups is 1. The van der Waals surface area contributed by atoms with E-state index in [9.17, 15) is 0 Å². The Balaban J connectivity index is 2.27. The third kappa shape index (κ3) is 2.66. The lowest BCUT2D eigenvalue weighted by Gasteiger charge is -2.07. The van der Waals surface area contributed by atoms with Crippen LogP contribution in [0.3, 0.4) is 0 Å². The van der Waals surface area contributed by atoms with Gasteiger partial charge in [-0.15, -0.1) is 0 Å². The van der Waals surface area contributed by atoms with Crippen molar-refractivity contribution < 1.29 is 0 Å². The number of rotatable bonds is 3. The molecule has 0 aliphatic rings. The molecule has 6 heteroatoms. The van der Waals surface area contributed by atoms with Gasteiger partial charge in [0.15, 0.2) is 5.82 Å². The molecule has 0 fully saturated rings. The maximum Gasteiger partial charge on any atom is 0.167 e. The Morgan fingerprint density at radius 1 is 1.18 bits per heavy atom. The summed E-state index contributed by atoms with van der Waals surface area (Å²) < 4.78 is 0. The highest BCUT2D eigenvalue weighted by Crippen LogP contribution is 2.32. The van der Waals surface area contributed by atoms with Gasteiger partial charge in [0.05, 0.1) is 0 Å². The van der Waals surface area contributed by atoms with Crippen LogP contribution in [0.15, 0.2) is 40.5 Å². The van der Waals surface area contributed by atoms with E-state index >= 15 is 0 Å². The minimum absolute atomic E-state index is 0.439. The van der Waals surface area contributed by atoms with Crippen molar-refractivity contribution in [2.75, 3.05) is 11.2 Å². The summed E-state index contributed by atoms with van der Waals surface area (Å²) >= 11 is 1.48. The molecule has 0 unspecified atom stereocenters. The zero-order valence-corrected chi connectivity index (χ0v) is 10.2. The Bertz CT molecular complexity index is 512. The van der Waals surface area contributed by atoms with Crippen molar-refractivity contribution in [2.45, 2.75) is 16.8 Å². The Labute approximate surface area is 104 Å². The molecule has 5 nitrogen and oxygen atoms in total. The number of nitrogens with one attached hydrogen (secondary N) is 1. The van der Waals surface area contributed by atoms with Gasteiger partial charge in [0.2, 0.25) is 0 Å². The van der Waals surface area contributed by atoms with Gasteiger partial charge in [-0.3, -0.25) is 0 Å². The molecular formula is C11H13N5S. The number of nitrogens with zero attached hydrogens (tertiary/aromatic N) is 2. The van der Waals surface area contributed by atoms with Crippen LogP contribution in [0.25, 0.3) is 0 Å². The molecule has 2 rings (SSSR count). The number of aromatic nitrogens is 2. The molecule has 0 atom stereocenters. The van der Waals surface area contributed by atoms with Crippen LogP contribution in [0.2, 0.25) is 0 Å². The van der Waals surface area contributed by atoms with Gasteiger partial charge < -0.3 is 11.2 Å². The summed E-state index contributed by atoms with van der Waals surface area (Å²) in [7, 11) is 0. The van der Waals surface area contributed by atoms with Gasteiger partial charge in [0.25, 0.3) is 0 Å². The number of hydrogen-bond donors (Lipinski definition) is 3. The first-order valence-electron chi connectivity index (χ1n) is 5.02. The van der Waals surface area contributed by atoms with Crippen LogP contribution >= 0.6 is 11.8 Å². The van der Waals surface area contributed by atoms with E-state index in [0.717, 1.165) is 4.90 Å². The van der Waals surface area contributed by atoms with E-state index in [1.807, 2.05) is 31.2 Å². The Morgan fingerprint density at radius 3 is 2.53 bits per heavy atom. The van der Waals surface area contributed by atoms with Crippen molar-refractivity contribution in [3.63, 3.8) is 0 Å². The van der Waals surface area contributed by atoms with Crippen LogP contribution in [-0.4, -0.2) is 9.97 Å². The summed E-state index contributed by atoms with van der Waals surface area (Å²) in [6, 6.07) is 8.14. The lowest BCUT2D eigenvalue weighted by molar-refractivity contribution is 1.05. The van der Waals surface area contributed by atoms with Crippen LogP contribution in [0.5, 0.6) is 0 Å². The molecule has 2 aromatic rings. The minimum atomic E-state index is 0.439. The maximum absolute atomic E-state index is 5.88. The number of hydrogen-bond acceptors (Lipinski definition) is 6. The highest BCUT2D eigenvalue weighted by molar-refractivity contribution is 7.99. The number of aryl methyl sites for hydroxylation is 1. The molecule has 0 bridgehead atoms. The van der Waals surface area contributed by atoms with E-state index in [2.05, 4.69) is 15.4 Å². The molecule has 0 radical (unpaired) electrons. The van der Waals surface area contributed by atoms with Crippen molar-refractivity contribution in [2.24, 2.45) is 5.84 Å². The molecule has 1 aromatic carbocycles. The first-order chi connectivity index (χ1) is 8.20. The third-order valence-corrected chi connectivity index (χ3v) is 3.25. The second kappa shape index (κ2) is 5.03. The SMILES string of the molecule is Cc1ccc(Sc2ncnc(NN)c2N)cc1. The minimum Gasteiger partial charge on any atom is -0.393 e. The van der Waals surface area contributed by atoms with Gasteiger partial charge in [-0.25, -0.2) is 15.8 Å². The van der Waals surface area contributed by atoms with Crippen LogP contribution in [-0.2, 0) is 0 Å².